The van der Waals surface area contributed by atoms with Gasteiger partial charge < -0.3 is 5.73 Å². The standard InChI is InChI=1S/C15H16ClN3O2S/c1-11-2-8-14(9-3-11)22(20,21)19-13-6-4-12(5-7-13)18-15(17)10-16/h2-9,19H,10H2,1H3,(H2,17,18). The molecular weight excluding hydrogens is 322 g/mol. The fraction of sp³-hybridized carbons (Fsp3) is 0.133. The van der Waals surface area contributed by atoms with Crippen molar-refractivity contribution in [3.63, 3.8) is 0 Å². The minimum atomic E-state index is -3.60. The molecule has 5 nitrogen and oxygen atoms in total. The molecule has 0 fully saturated rings. The van der Waals surface area contributed by atoms with Gasteiger partial charge in [0.1, 0.15) is 5.84 Å². The van der Waals surface area contributed by atoms with Gasteiger partial charge in [-0.15, -0.1) is 11.6 Å². The summed E-state index contributed by atoms with van der Waals surface area (Å²) in [6.07, 6.45) is 0. The average Bonchev–Trinajstić information content (AvgIpc) is 2.49. The lowest BCUT2D eigenvalue weighted by Crippen LogP contribution is -2.13. The predicted molar refractivity (Wildman–Crippen MR) is 90.4 cm³/mol. The topological polar surface area (TPSA) is 84.5 Å². The van der Waals surface area contributed by atoms with E-state index in [9.17, 15) is 8.42 Å². The van der Waals surface area contributed by atoms with Crippen LogP contribution in [-0.2, 0) is 10.0 Å². The zero-order chi connectivity index (χ0) is 16.2. The van der Waals surface area contributed by atoms with Crippen LogP contribution < -0.4 is 10.5 Å². The third kappa shape index (κ3) is 4.22. The molecule has 7 heteroatoms. The van der Waals surface area contributed by atoms with Gasteiger partial charge in [0, 0.05) is 5.69 Å². The number of halogens is 1. The summed E-state index contributed by atoms with van der Waals surface area (Å²) in [5, 5.41) is 0. The van der Waals surface area contributed by atoms with Crippen LogP contribution in [0.4, 0.5) is 11.4 Å². The van der Waals surface area contributed by atoms with Crippen molar-refractivity contribution >= 4 is 38.8 Å². The van der Waals surface area contributed by atoms with Gasteiger partial charge in [0.25, 0.3) is 10.0 Å². The van der Waals surface area contributed by atoms with Crippen LogP contribution in [0.5, 0.6) is 0 Å². The molecule has 0 heterocycles. The van der Waals surface area contributed by atoms with E-state index in [0.29, 0.717) is 17.2 Å². The van der Waals surface area contributed by atoms with Crippen LogP contribution in [0.2, 0.25) is 0 Å². The summed E-state index contributed by atoms with van der Waals surface area (Å²) in [5.74, 6) is 0.441. The fourth-order valence-corrected chi connectivity index (χ4v) is 2.85. The van der Waals surface area contributed by atoms with Crippen LogP contribution >= 0.6 is 11.6 Å². The zero-order valence-electron chi connectivity index (χ0n) is 12.0. The molecule has 0 aromatic heterocycles. The number of alkyl halides is 1. The van der Waals surface area contributed by atoms with E-state index in [4.69, 9.17) is 17.3 Å². The van der Waals surface area contributed by atoms with Crippen LogP contribution in [-0.4, -0.2) is 20.1 Å². The number of nitrogens with two attached hydrogens (primary N) is 1. The lowest BCUT2D eigenvalue weighted by atomic mass is 10.2. The Morgan fingerprint density at radius 3 is 2.27 bits per heavy atom. The Bertz CT molecular complexity index is 769. The molecule has 2 rings (SSSR count). The average molecular weight is 338 g/mol. The molecule has 0 saturated heterocycles. The van der Waals surface area contributed by atoms with Gasteiger partial charge in [0.05, 0.1) is 16.5 Å². The quantitative estimate of drug-likeness (QED) is 0.499. The molecular formula is C15H16ClN3O2S. The second kappa shape index (κ2) is 6.81. The zero-order valence-corrected chi connectivity index (χ0v) is 13.5. The highest BCUT2D eigenvalue weighted by Gasteiger charge is 2.13. The number of hydrogen-bond acceptors (Lipinski definition) is 3. The highest BCUT2D eigenvalue weighted by atomic mass is 35.5. The van der Waals surface area contributed by atoms with Gasteiger partial charge in [-0.3, -0.25) is 4.72 Å². The van der Waals surface area contributed by atoms with Crippen LogP contribution in [0.15, 0.2) is 58.4 Å². The smallest absolute Gasteiger partial charge is 0.261 e. The third-order valence-electron chi connectivity index (χ3n) is 2.86. The molecule has 0 bridgehead atoms. The summed E-state index contributed by atoms with van der Waals surface area (Å²) in [4.78, 5) is 4.28. The van der Waals surface area contributed by atoms with Crippen molar-refractivity contribution in [1.82, 2.24) is 0 Å². The maximum atomic E-state index is 12.2. The van der Waals surface area contributed by atoms with E-state index < -0.39 is 10.0 Å². The molecule has 0 amide bonds. The van der Waals surface area contributed by atoms with Crippen LogP contribution in [0.25, 0.3) is 0 Å². The number of aliphatic imine (C=N–C) groups is 1. The lowest BCUT2D eigenvalue weighted by molar-refractivity contribution is 0.601. The second-order valence-corrected chi connectivity index (χ2v) is 6.65. The van der Waals surface area contributed by atoms with Crippen LogP contribution in [0.1, 0.15) is 5.56 Å². The number of nitrogens with zero attached hydrogens (tertiary/aromatic N) is 1. The summed E-state index contributed by atoms with van der Waals surface area (Å²) in [5.41, 5.74) is 7.59. The highest BCUT2D eigenvalue weighted by molar-refractivity contribution is 7.92. The number of amidine groups is 1. The SMILES string of the molecule is Cc1ccc(S(=O)(=O)Nc2ccc(N=C(N)CCl)cc2)cc1. The molecule has 2 aromatic rings. The van der Waals surface area contributed by atoms with Gasteiger partial charge in [0.15, 0.2) is 0 Å². The summed E-state index contributed by atoms with van der Waals surface area (Å²) < 4.78 is 27.0. The Morgan fingerprint density at radius 1 is 1.14 bits per heavy atom. The van der Waals surface area contributed by atoms with E-state index in [1.807, 2.05) is 6.92 Å². The van der Waals surface area contributed by atoms with E-state index in [0.717, 1.165) is 5.56 Å². The maximum absolute atomic E-state index is 12.2. The van der Waals surface area contributed by atoms with Crippen molar-refractivity contribution in [2.45, 2.75) is 11.8 Å². The molecule has 0 unspecified atom stereocenters. The Hall–Kier alpha value is -2.05. The third-order valence-corrected chi connectivity index (χ3v) is 4.53. The summed E-state index contributed by atoms with van der Waals surface area (Å²) in [6.45, 7) is 1.90. The molecule has 0 atom stereocenters. The van der Waals surface area contributed by atoms with Gasteiger partial charge >= 0.3 is 0 Å². The van der Waals surface area contributed by atoms with Crippen molar-refractivity contribution in [1.29, 1.82) is 0 Å². The Labute approximate surface area is 134 Å². The number of aryl methyl sites for hydroxylation is 1. The van der Waals surface area contributed by atoms with Crippen molar-refractivity contribution in [3.8, 4) is 0 Å². The van der Waals surface area contributed by atoms with E-state index in [-0.39, 0.29) is 10.8 Å². The monoisotopic (exact) mass is 337 g/mol. The molecule has 0 aliphatic heterocycles. The minimum absolute atomic E-state index is 0.141. The number of rotatable bonds is 5. The number of anilines is 1. The number of sulfonamides is 1. The first kappa shape index (κ1) is 16.3. The molecule has 0 radical (unpaired) electrons. The molecule has 0 aliphatic rings. The first-order chi connectivity index (χ1) is 10.4. The molecule has 116 valence electrons. The van der Waals surface area contributed by atoms with E-state index >= 15 is 0 Å². The summed E-state index contributed by atoms with van der Waals surface area (Å²) in [6, 6.07) is 13.2. The number of hydrogen-bond donors (Lipinski definition) is 2. The van der Waals surface area contributed by atoms with Crippen molar-refractivity contribution < 1.29 is 8.42 Å². The predicted octanol–water partition coefficient (Wildman–Crippen LogP) is 3.02. The first-order valence-corrected chi connectivity index (χ1v) is 8.51. The molecule has 2 aromatic carbocycles. The van der Waals surface area contributed by atoms with Gasteiger partial charge in [-0.05, 0) is 43.3 Å². The Morgan fingerprint density at radius 2 is 1.73 bits per heavy atom. The summed E-state index contributed by atoms with van der Waals surface area (Å²) >= 11 is 5.55. The minimum Gasteiger partial charge on any atom is -0.386 e. The normalized spacial score (nSPS) is 12.2. The Balaban J connectivity index is 2.18. The van der Waals surface area contributed by atoms with E-state index in [1.165, 1.54) is 0 Å². The van der Waals surface area contributed by atoms with E-state index in [1.54, 1.807) is 48.5 Å². The fourth-order valence-electron chi connectivity index (χ4n) is 1.73. The lowest BCUT2D eigenvalue weighted by Gasteiger charge is -2.08. The second-order valence-electron chi connectivity index (χ2n) is 4.70. The van der Waals surface area contributed by atoms with E-state index in [2.05, 4.69) is 9.71 Å². The first-order valence-electron chi connectivity index (χ1n) is 6.49. The van der Waals surface area contributed by atoms with Crippen molar-refractivity contribution in [2.75, 3.05) is 10.6 Å². The van der Waals surface area contributed by atoms with Crippen molar-refractivity contribution in [3.05, 3.63) is 54.1 Å². The molecule has 3 N–H and O–H groups in total. The van der Waals surface area contributed by atoms with Crippen LogP contribution in [0, 0.1) is 6.92 Å². The summed E-state index contributed by atoms with van der Waals surface area (Å²) in [7, 11) is -3.60. The van der Waals surface area contributed by atoms with Gasteiger partial charge in [0.2, 0.25) is 0 Å². The number of nitrogens with one attached hydrogen (secondary N) is 1. The number of benzene rings is 2. The molecule has 22 heavy (non-hydrogen) atoms. The van der Waals surface area contributed by atoms with Crippen LogP contribution in [0.3, 0.4) is 0 Å². The molecule has 0 aliphatic carbocycles. The Kier molecular flexibility index (Phi) is 5.05. The van der Waals surface area contributed by atoms with Gasteiger partial charge in [-0.1, -0.05) is 17.7 Å². The maximum Gasteiger partial charge on any atom is 0.261 e. The van der Waals surface area contributed by atoms with Gasteiger partial charge in [-0.2, -0.15) is 0 Å². The highest BCUT2D eigenvalue weighted by Crippen LogP contribution is 2.20. The van der Waals surface area contributed by atoms with Gasteiger partial charge in [-0.25, -0.2) is 13.4 Å². The van der Waals surface area contributed by atoms with Crippen molar-refractivity contribution in [2.24, 2.45) is 10.7 Å². The molecule has 0 spiro atoms. The molecule has 0 saturated carbocycles. The largest absolute Gasteiger partial charge is 0.386 e.